The van der Waals surface area contributed by atoms with Crippen molar-refractivity contribution in [3.05, 3.63) is 29.6 Å². The number of nitrogens with one attached hydrogen (secondary N) is 1. The standard InChI is InChI=1S/C16H24FN3O.ClH/c1-11-6-7-13(9-14(11)17)19-16(21)10-20-8-4-3-5-15(20)12(2)18;/h6-7,9,12,15H,3-5,8,10,18H2,1-2H3,(H,19,21);1H. The third-order valence-corrected chi connectivity index (χ3v) is 4.07. The maximum atomic E-state index is 13.5. The molecule has 0 aromatic heterocycles. The fourth-order valence-corrected chi connectivity index (χ4v) is 2.86. The number of nitrogens with zero attached hydrogens (tertiary/aromatic N) is 1. The van der Waals surface area contributed by atoms with Gasteiger partial charge >= 0.3 is 0 Å². The summed E-state index contributed by atoms with van der Waals surface area (Å²) in [4.78, 5) is 14.3. The number of nitrogens with two attached hydrogens (primary N) is 1. The Morgan fingerprint density at radius 1 is 1.50 bits per heavy atom. The van der Waals surface area contributed by atoms with E-state index in [1.807, 2.05) is 6.92 Å². The van der Waals surface area contributed by atoms with E-state index in [1.165, 1.54) is 6.07 Å². The third kappa shape index (κ3) is 4.93. The average Bonchev–Trinajstić information content (AvgIpc) is 2.43. The van der Waals surface area contributed by atoms with Gasteiger partial charge in [0.2, 0.25) is 5.91 Å². The van der Waals surface area contributed by atoms with Crippen molar-refractivity contribution in [2.24, 2.45) is 5.73 Å². The van der Waals surface area contributed by atoms with Gasteiger partial charge in [-0.25, -0.2) is 4.39 Å². The lowest BCUT2D eigenvalue weighted by Crippen LogP contribution is -2.51. The molecule has 0 spiro atoms. The van der Waals surface area contributed by atoms with Gasteiger partial charge in [0.15, 0.2) is 0 Å². The number of carbonyl (C=O) groups is 1. The number of likely N-dealkylation sites (tertiary alicyclic amines) is 1. The molecule has 0 aliphatic carbocycles. The number of piperidine rings is 1. The van der Waals surface area contributed by atoms with Gasteiger partial charge in [0.1, 0.15) is 5.82 Å². The van der Waals surface area contributed by atoms with E-state index < -0.39 is 0 Å². The lowest BCUT2D eigenvalue weighted by atomic mass is 9.97. The van der Waals surface area contributed by atoms with Crippen LogP contribution >= 0.6 is 12.4 Å². The van der Waals surface area contributed by atoms with Gasteiger partial charge in [-0.15, -0.1) is 12.4 Å². The Kier molecular flexibility index (Phi) is 7.26. The van der Waals surface area contributed by atoms with Gasteiger partial charge in [-0.05, 0) is 50.9 Å². The highest BCUT2D eigenvalue weighted by molar-refractivity contribution is 5.92. The van der Waals surface area contributed by atoms with Crippen molar-refractivity contribution >= 4 is 24.0 Å². The Morgan fingerprint density at radius 3 is 2.86 bits per heavy atom. The zero-order valence-corrected chi connectivity index (χ0v) is 14.0. The number of amides is 1. The summed E-state index contributed by atoms with van der Waals surface area (Å²) in [6.45, 7) is 4.88. The van der Waals surface area contributed by atoms with E-state index >= 15 is 0 Å². The minimum Gasteiger partial charge on any atom is -0.327 e. The maximum Gasteiger partial charge on any atom is 0.238 e. The highest BCUT2D eigenvalue weighted by Gasteiger charge is 2.26. The van der Waals surface area contributed by atoms with Crippen molar-refractivity contribution < 1.29 is 9.18 Å². The Bertz CT molecular complexity index is 510. The van der Waals surface area contributed by atoms with Crippen LogP contribution in [0.25, 0.3) is 0 Å². The number of rotatable bonds is 4. The molecular weight excluding hydrogens is 305 g/mol. The van der Waals surface area contributed by atoms with E-state index in [-0.39, 0.29) is 36.2 Å². The normalized spacial score (nSPS) is 20.1. The minimum atomic E-state index is -0.306. The Morgan fingerprint density at radius 2 is 2.23 bits per heavy atom. The smallest absolute Gasteiger partial charge is 0.238 e. The van der Waals surface area contributed by atoms with Crippen LogP contribution in [0.3, 0.4) is 0 Å². The van der Waals surface area contributed by atoms with Crippen molar-refractivity contribution in [1.82, 2.24) is 4.90 Å². The van der Waals surface area contributed by atoms with Crippen LogP contribution < -0.4 is 11.1 Å². The van der Waals surface area contributed by atoms with Crippen LogP contribution in [0.4, 0.5) is 10.1 Å². The van der Waals surface area contributed by atoms with Crippen LogP contribution in [-0.2, 0) is 4.79 Å². The van der Waals surface area contributed by atoms with Gasteiger partial charge in [0.05, 0.1) is 6.54 Å². The molecule has 6 heteroatoms. The molecular formula is C16H25ClFN3O. The van der Waals surface area contributed by atoms with Gasteiger partial charge in [0, 0.05) is 17.8 Å². The molecule has 1 aliphatic heterocycles. The minimum absolute atomic E-state index is 0. The maximum absolute atomic E-state index is 13.5. The first-order chi connectivity index (χ1) is 9.97. The van der Waals surface area contributed by atoms with Crippen LogP contribution in [0.5, 0.6) is 0 Å². The molecule has 22 heavy (non-hydrogen) atoms. The van der Waals surface area contributed by atoms with Gasteiger partial charge in [0.25, 0.3) is 0 Å². The SMILES string of the molecule is Cc1ccc(NC(=O)CN2CCCCC2C(C)N)cc1F.Cl. The van der Waals surface area contributed by atoms with Gasteiger partial charge < -0.3 is 11.1 Å². The first-order valence-electron chi connectivity index (χ1n) is 7.53. The largest absolute Gasteiger partial charge is 0.327 e. The van der Waals surface area contributed by atoms with Crippen LogP contribution in [0.1, 0.15) is 31.7 Å². The second-order valence-electron chi connectivity index (χ2n) is 5.90. The van der Waals surface area contributed by atoms with E-state index in [4.69, 9.17) is 5.73 Å². The van der Waals surface area contributed by atoms with Gasteiger partial charge in [-0.3, -0.25) is 9.69 Å². The lowest BCUT2D eigenvalue weighted by molar-refractivity contribution is -0.118. The third-order valence-electron chi connectivity index (χ3n) is 4.07. The molecule has 0 bridgehead atoms. The van der Waals surface area contributed by atoms with E-state index in [2.05, 4.69) is 10.2 Å². The number of hydrogen-bond acceptors (Lipinski definition) is 3. The number of aryl methyl sites for hydroxylation is 1. The first kappa shape index (κ1) is 18.9. The molecule has 0 radical (unpaired) electrons. The summed E-state index contributed by atoms with van der Waals surface area (Å²) < 4.78 is 13.5. The summed E-state index contributed by atoms with van der Waals surface area (Å²) in [6.07, 6.45) is 3.28. The first-order valence-corrected chi connectivity index (χ1v) is 7.53. The molecule has 1 aromatic rings. The molecule has 2 unspecified atom stereocenters. The Balaban J connectivity index is 0.00000242. The average molecular weight is 330 g/mol. The molecule has 1 heterocycles. The fraction of sp³-hybridized carbons (Fsp3) is 0.562. The summed E-state index contributed by atoms with van der Waals surface area (Å²) in [5.41, 5.74) is 7.07. The van der Waals surface area contributed by atoms with Crippen molar-refractivity contribution in [3.8, 4) is 0 Å². The van der Waals surface area contributed by atoms with Gasteiger partial charge in [-0.2, -0.15) is 0 Å². The number of anilines is 1. The highest BCUT2D eigenvalue weighted by atomic mass is 35.5. The van der Waals surface area contributed by atoms with Crippen LogP contribution in [0.15, 0.2) is 18.2 Å². The quantitative estimate of drug-likeness (QED) is 0.893. The second kappa shape index (κ2) is 8.46. The van der Waals surface area contributed by atoms with Crippen LogP contribution in [0, 0.1) is 12.7 Å². The predicted molar refractivity (Wildman–Crippen MR) is 89.9 cm³/mol. The number of benzene rings is 1. The number of hydrogen-bond donors (Lipinski definition) is 2. The van der Waals surface area contributed by atoms with E-state index in [0.717, 1.165) is 25.8 Å². The Hall–Kier alpha value is -1.17. The molecule has 0 saturated carbocycles. The molecule has 2 rings (SSSR count). The Labute approximate surface area is 137 Å². The molecule has 1 fully saturated rings. The second-order valence-corrected chi connectivity index (χ2v) is 5.90. The molecule has 3 N–H and O–H groups in total. The molecule has 1 amide bonds. The van der Waals surface area contributed by atoms with E-state index in [0.29, 0.717) is 17.8 Å². The lowest BCUT2D eigenvalue weighted by Gasteiger charge is -2.37. The highest BCUT2D eigenvalue weighted by Crippen LogP contribution is 2.19. The van der Waals surface area contributed by atoms with E-state index in [9.17, 15) is 9.18 Å². The topological polar surface area (TPSA) is 58.4 Å². The van der Waals surface area contributed by atoms with Crippen molar-refractivity contribution in [1.29, 1.82) is 0 Å². The molecule has 4 nitrogen and oxygen atoms in total. The molecule has 124 valence electrons. The number of halogens is 2. The van der Waals surface area contributed by atoms with Crippen molar-refractivity contribution in [2.75, 3.05) is 18.4 Å². The van der Waals surface area contributed by atoms with Gasteiger partial charge in [-0.1, -0.05) is 12.5 Å². The fourth-order valence-electron chi connectivity index (χ4n) is 2.86. The van der Waals surface area contributed by atoms with E-state index in [1.54, 1.807) is 19.1 Å². The molecule has 1 saturated heterocycles. The summed E-state index contributed by atoms with van der Waals surface area (Å²) in [5.74, 6) is -0.426. The molecule has 1 aliphatic rings. The summed E-state index contributed by atoms with van der Waals surface area (Å²) in [5, 5.41) is 2.76. The predicted octanol–water partition coefficient (Wildman–Crippen LogP) is 2.70. The monoisotopic (exact) mass is 329 g/mol. The van der Waals surface area contributed by atoms with Crippen LogP contribution in [0.2, 0.25) is 0 Å². The van der Waals surface area contributed by atoms with Crippen molar-refractivity contribution in [2.45, 2.75) is 45.2 Å². The zero-order chi connectivity index (χ0) is 15.4. The molecule has 1 aromatic carbocycles. The zero-order valence-electron chi connectivity index (χ0n) is 13.1. The summed E-state index contributed by atoms with van der Waals surface area (Å²) in [7, 11) is 0. The molecule has 2 atom stereocenters. The number of carbonyl (C=O) groups excluding carboxylic acids is 1. The summed E-state index contributed by atoms with van der Waals surface area (Å²) >= 11 is 0. The van der Waals surface area contributed by atoms with Crippen molar-refractivity contribution in [3.63, 3.8) is 0 Å². The summed E-state index contributed by atoms with van der Waals surface area (Å²) in [6, 6.07) is 5.03. The van der Waals surface area contributed by atoms with Crippen LogP contribution in [-0.4, -0.2) is 36.0 Å².